The van der Waals surface area contributed by atoms with Crippen LogP contribution >= 0.6 is 0 Å². The first-order valence-electron chi connectivity index (χ1n) is 4.83. The highest BCUT2D eigenvalue weighted by molar-refractivity contribution is 5.93. The summed E-state index contributed by atoms with van der Waals surface area (Å²) in [6.45, 7) is 0. The molecule has 0 radical (unpaired) electrons. The van der Waals surface area contributed by atoms with Gasteiger partial charge in [0.1, 0.15) is 29.7 Å². The normalized spacial score (nSPS) is 8.53. The third kappa shape index (κ3) is 3.29. The molecule has 0 spiro atoms. The minimum absolute atomic E-state index is 0.0355. The monoisotopic (exact) mass is 255 g/mol. The summed E-state index contributed by atoms with van der Waals surface area (Å²) in [4.78, 5) is 11.0. The van der Waals surface area contributed by atoms with Crippen molar-refractivity contribution >= 4 is 11.6 Å². The van der Waals surface area contributed by atoms with E-state index in [4.69, 9.17) is 21.5 Å². The van der Waals surface area contributed by atoms with Crippen LogP contribution in [0.2, 0.25) is 0 Å². The number of nitrogens with zero attached hydrogens (tertiary/aromatic N) is 3. The summed E-state index contributed by atoms with van der Waals surface area (Å²) in [5, 5.41) is 28.5. The standard InChI is InChI=1S/C12H6FN5O/c13-9-1-7(12(17)19)2-10(3-9)18-11(6-16)8(4-14)5-15/h1-3,18H,(H2,17,19). The second-order valence-electron chi connectivity index (χ2n) is 3.30. The van der Waals surface area contributed by atoms with Crippen LogP contribution in [0.15, 0.2) is 29.5 Å². The van der Waals surface area contributed by atoms with Gasteiger partial charge in [-0.05, 0) is 18.2 Å². The molecule has 0 aliphatic carbocycles. The number of carbonyl (C=O) groups excluding carboxylic acids is 1. The molecule has 0 saturated carbocycles. The van der Waals surface area contributed by atoms with E-state index in [0.29, 0.717) is 0 Å². The smallest absolute Gasteiger partial charge is 0.248 e. The lowest BCUT2D eigenvalue weighted by Crippen LogP contribution is -2.12. The van der Waals surface area contributed by atoms with Gasteiger partial charge in [0, 0.05) is 11.3 Å². The van der Waals surface area contributed by atoms with Crippen LogP contribution in [0.25, 0.3) is 0 Å². The van der Waals surface area contributed by atoms with E-state index < -0.39 is 17.3 Å². The van der Waals surface area contributed by atoms with E-state index >= 15 is 0 Å². The number of allylic oxidation sites excluding steroid dienone is 2. The lowest BCUT2D eigenvalue weighted by Gasteiger charge is -2.06. The number of anilines is 1. The molecule has 1 aromatic rings. The van der Waals surface area contributed by atoms with E-state index in [2.05, 4.69) is 5.32 Å². The maximum Gasteiger partial charge on any atom is 0.248 e. The highest BCUT2D eigenvalue weighted by Gasteiger charge is 2.09. The third-order valence-corrected chi connectivity index (χ3v) is 2.04. The number of rotatable bonds is 3. The average molecular weight is 255 g/mol. The fourth-order valence-electron chi connectivity index (χ4n) is 1.23. The number of halogens is 1. The predicted molar refractivity (Wildman–Crippen MR) is 62.4 cm³/mol. The summed E-state index contributed by atoms with van der Waals surface area (Å²) >= 11 is 0. The van der Waals surface area contributed by atoms with Crippen LogP contribution in [0, 0.1) is 39.8 Å². The van der Waals surface area contributed by atoms with Gasteiger partial charge in [-0.15, -0.1) is 0 Å². The number of nitriles is 3. The van der Waals surface area contributed by atoms with E-state index in [1.54, 1.807) is 6.07 Å². The van der Waals surface area contributed by atoms with Crippen molar-refractivity contribution in [2.45, 2.75) is 0 Å². The van der Waals surface area contributed by atoms with E-state index in [0.717, 1.165) is 12.1 Å². The number of primary amides is 1. The van der Waals surface area contributed by atoms with Crippen molar-refractivity contribution in [1.29, 1.82) is 15.8 Å². The molecule has 19 heavy (non-hydrogen) atoms. The maximum absolute atomic E-state index is 13.2. The van der Waals surface area contributed by atoms with E-state index in [-0.39, 0.29) is 16.9 Å². The molecule has 0 atom stereocenters. The molecule has 0 unspecified atom stereocenters. The van der Waals surface area contributed by atoms with Crippen molar-refractivity contribution in [1.82, 2.24) is 0 Å². The number of carbonyl (C=O) groups is 1. The Morgan fingerprint density at radius 1 is 1.16 bits per heavy atom. The Balaban J connectivity index is 3.25. The van der Waals surface area contributed by atoms with Crippen LogP contribution < -0.4 is 11.1 Å². The summed E-state index contributed by atoms with van der Waals surface area (Å²) in [5.41, 5.74) is 4.15. The molecule has 0 heterocycles. The van der Waals surface area contributed by atoms with Crippen molar-refractivity contribution < 1.29 is 9.18 Å². The first kappa shape index (κ1) is 13.7. The van der Waals surface area contributed by atoms with E-state index in [1.165, 1.54) is 18.2 Å². The Hall–Kier alpha value is -3.37. The van der Waals surface area contributed by atoms with Crippen molar-refractivity contribution in [3.63, 3.8) is 0 Å². The van der Waals surface area contributed by atoms with Crippen LogP contribution in [-0.4, -0.2) is 5.91 Å². The second kappa shape index (κ2) is 5.81. The van der Waals surface area contributed by atoms with Crippen molar-refractivity contribution in [2.24, 2.45) is 5.73 Å². The Morgan fingerprint density at radius 3 is 2.26 bits per heavy atom. The quantitative estimate of drug-likeness (QED) is 0.783. The molecule has 1 amide bonds. The minimum Gasteiger partial charge on any atom is -0.366 e. The van der Waals surface area contributed by atoms with Gasteiger partial charge in [-0.25, -0.2) is 4.39 Å². The first-order valence-corrected chi connectivity index (χ1v) is 4.83. The largest absolute Gasteiger partial charge is 0.366 e. The summed E-state index contributed by atoms with van der Waals surface area (Å²) < 4.78 is 13.2. The zero-order chi connectivity index (χ0) is 14.4. The molecule has 1 aromatic carbocycles. The fourth-order valence-corrected chi connectivity index (χ4v) is 1.23. The third-order valence-electron chi connectivity index (χ3n) is 2.04. The van der Waals surface area contributed by atoms with Crippen LogP contribution in [0.4, 0.5) is 10.1 Å². The van der Waals surface area contributed by atoms with Gasteiger partial charge in [0.25, 0.3) is 0 Å². The summed E-state index contributed by atoms with van der Waals surface area (Å²) in [7, 11) is 0. The zero-order valence-corrected chi connectivity index (χ0v) is 9.44. The molecule has 6 nitrogen and oxygen atoms in total. The van der Waals surface area contributed by atoms with Gasteiger partial charge in [-0.1, -0.05) is 0 Å². The topological polar surface area (TPSA) is 126 Å². The number of benzene rings is 1. The lowest BCUT2D eigenvalue weighted by molar-refractivity contribution is 0.1000. The molecule has 7 heteroatoms. The van der Waals surface area contributed by atoms with Crippen LogP contribution in [0.3, 0.4) is 0 Å². The number of nitrogens with one attached hydrogen (secondary N) is 1. The summed E-state index contributed by atoms with van der Waals surface area (Å²) in [5.74, 6) is -1.59. The molecule has 0 bridgehead atoms. The van der Waals surface area contributed by atoms with Crippen molar-refractivity contribution in [3.05, 3.63) is 40.8 Å². The molecule has 0 saturated heterocycles. The van der Waals surface area contributed by atoms with Gasteiger partial charge in [0.15, 0.2) is 5.57 Å². The van der Waals surface area contributed by atoms with Gasteiger partial charge < -0.3 is 11.1 Å². The Labute approximate surface area is 107 Å². The van der Waals surface area contributed by atoms with Gasteiger partial charge in [0.2, 0.25) is 5.91 Å². The molecule has 1 rings (SSSR count). The minimum atomic E-state index is -0.842. The molecule has 0 aliphatic heterocycles. The second-order valence-corrected chi connectivity index (χ2v) is 3.30. The summed E-state index contributed by atoms with van der Waals surface area (Å²) in [6, 6.07) is 7.78. The van der Waals surface area contributed by atoms with E-state index in [9.17, 15) is 9.18 Å². The Bertz CT molecular complexity index is 672. The number of hydrogen-bond acceptors (Lipinski definition) is 5. The number of amides is 1. The van der Waals surface area contributed by atoms with Crippen molar-refractivity contribution in [2.75, 3.05) is 5.32 Å². The number of nitrogens with two attached hydrogens (primary N) is 1. The fraction of sp³-hybridized carbons (Fsp3) is 0. The van der Waals surface area contributed by atoms with Crippen molar-refractivity contribution in [3.8, 4) is 18.2 Å². The van der Waals surface area contributed by atoms with Gasteiger partial charge >= 0.3 is 0 Å². The lowest BCUT2D eigenvalue weighted by atomic mass is 10.1. The number of hydrogen-bond donors (Lipinski definition) is 2. The molecule has 3 N–H and O–H groups in total. The molecular formula is C12H6FN5O. The molecule has 0 fully saturated rings. The Kier molecular flexibility index (Phi) is 4.19. The first-order chi connectivity index (χ1) is 9.01. The molecular weight excluding hydrogens is 249 g/mol. The van der Waals surface area contributed by atoms with E-state index in [1.807, 2.05) is 0 Å². The van der Waals surface area contributed by atoms with Crippen LogP contribution in [-0.2, 0) is 0 Å². The highest BCUT2D eigenvalue weighted by atomic mass is 19.1. The Morgan fingerprint density at radius 2 is 1.79 bits per heavy atom. The zero-order valence-electron chi connectivity index (χ0n) is 9.44. The summed E-state index contributed by atoms with van der Waals surface area (Å²) in [6.07, 6.45) is 0. The van der Waals surface area contributed by atoms with Gasteiger partial charge in [-0.2, -0.15) is 15.8 Å². The maximum atomic E-state index is 13.2. The molecule has 92 valence electrons. The molecule has 0 aliphatic rings. The van der Waals surface area contributed by atoms with Crippen LogP contribution in [0.5, 0.6) is 0 Å². The SMILES string of the molecule is N#CC(C#N)=C(C#N)Nc1cc(F)cc(C(N)=O)c1. The highest BCUT2D eigenvalue weighted by Crippen LogP contribution is 2.16. The van der Waals surface area contributed by atoms with Gasteiger partial charge in [-0.3, -0.25) is 4.79 Å². The van der Waals surface area contributed by atoms with Crippen LogP contribution in [0.1, 0.15) is 10.4 Å². The van der Waals surface area contributed by atoms with Gasteiger partial charge in [0.05, 0.1) is 0 Å². The molecule has 0 aromatic heterocycles. The predicted octanol–water partition coefficient (Wildman–Crippen LogP) is 1.16. The average Bonchev–Trinajstić information content (AvgIpc) is 2.38.